The number of Topliss-reactive ketones (excluding diaryl/α,β-unsaturated/α-hetero) is 1. The molecular formula is C37H32Cl2F3N3O7S. The number of benzene rings is 3. The maximum Gasteiger partial charge on any atom is 0.416 e. The largest absolute Gasteiger partial charge is 0.469 e. The molecule has 2 aromatic heterocycles. The van der Waals surface area contributed by atoms with Crippen molar-refractivity contribution in [3.63, 3.8) is 0 Å². The van der Waals surface area contributed by atoms with E-state index in [1.807, 2.05) is 19.1 Å². The minimum absolute atomic E-state index is 0.0441. The smallest absolute Gasteiger partial charge is 0.416 e. The molecule has 1 saturated carbocycles. The predicted octanol–water partition coefficient (Wildman–Crippen LogP) is 8.35. The third-order valence-electron chi connectivity index (χ3n) is 8.42. The van der Waals surface area contributed by atoms with Crippen LogP contribution in [-0.2, 0) is 23.1 Å². The predicted molar refractivity (Wildman–Crippen MR) is 190 cm³/mol. The van der Waals surface area contributed by atoms with Crippen LogP contribution in [0, 0.1) is 20.8 Å². The lowest BCUT2D eigenvalue weighted by molar-refractivity contribution is -0.137. The summed E-state index contributed by atoms with van der Waals surface area (Å²) < 4.78 is 74.5. The molecule has 0 saturated heterocycles. The van der Waals surface area contributed by atoms with E-state index in [0.717, 1.165) is 30.7 Å². The van der Waals surface area contributed by atoms with Crippen LogP contribution in [0.2, 0.25) is 10.0 Å². The Morgan fingerprint density at radius 2 is 1.58 bits per heavy atom. The summed E-state index contributed by atoms with van der Waals surface area (Å²) in [6.07, 6.45) is -1.14. The normalized spacial score (nSPS) is 12.9. The van der Waals surface area contributed by atoms with E-state index in [1.54, 1.807) is 45.2 Å². The molecule has 1 aliphatic carbocycles. The average molecular weight is 791 g/mol. The Labute approximate surface area is 312 Å². The Bertz CT molecular complexity index is 2350. The first kappa shape index (κ1) is 39.4. The number of aromatic nitrogens is 3. The second kappa shape index (κ2) is 15.3. The van der Waals surface area contributed by atoms with Gasteiger partial charge in [-0.15, -0.1) is 0 Å². The van der Waals surface area contributed by atoms with Gasteiger partial charge in [0, 0.05) is 40.9 Å². The number of hydrogen-bond donors (Lipinski definition) is 0. The molecule has 1 fully saturated rings. The number of ether oxygens (including phenoxy) is 1. The number of nitrogens with zero attached hydrogens (tertiary/aromatic N) is 3. The maximum absolute atomic E-state index is 13.2. The molecule has 0 N–H and O–H groups in total. The number of aryl methyl sites for hydroxylation is 3. The van der Waals surface area contributed by atoms with Crippen molar-refractivity contribution in [3.8, 4) is 5.88 Å². The molecule has 278 valence electrons. The molecule has 10 nitrogen and oxygen atoms in total. The molecule has 0 aliphatic heterocycles. The highest BCUT2D eigenvalue weighted by molar-refractivity contribution is 7.90. The third-order valence-corrected chi connectivity index (χ3v) is 10.5. The highest BCUT2D eigenvalue weighted by atomic mass is 35.5. The highest BCUT2D eigenvalue weighted by Crippen LogP contribution is 2.42. The molecule has 3 aromatic carbocycles. The summed E-state index contributed by atoms with van der Waals surface area (Å²) in [6, 6.07) is 12.5. The summed E-state index contributed by atoms with van der Waals surface area (Å²) in [5.41, 5.74) is 1.92. The molecular weight excluding hydrogens is 758 g/mol. The first-order valence-electron chi connectivity index (χ1n) is 16.0. The molecule has 0 radical (unpaired) electrons. The topological polar surface area (TPSA) is 138 Å². The fourth-order valence-electron chi connectivity index (χ4n) is 5.39. The summed E-state index contributed by atoms with van der Waals surface area (Å²) in [7, 11) is -2.38. The molecule has 53 heavy (non-hydrogen) atoms. The van der Waals surface area contributed by atoms with Gasteiger partial charge < -0.3 is 9.26 Å². The van der Waals surface area contributed by atoms with Gasteiger partial charge in [-0.2, -0.15) is 18.3 Å². The monoisotopic (exact) mass is 789 g/mol. The fourth-order valence-corrected chi connectivity index (χ4v) is 6.75. The zero-order valence-electron chi connectivity index (χ0n) is 29.0. The van der Waals surface area contributed by atoms with E-state index in [0.29, 0.717) is 45.3 Å². The van der Waals surface area contributed by atoms with E-state index in [9.17, 15) is 36.0 Å². The molecule has 0 bridgehead atoms. The molecule has 0 spiro atoms. The Balaban J connectivity index is 0.000000208. The maximum atomic E-state index is 13.2. The number of carbonyl (C=O) groups excluding carboxylic acids is 3. The third kappa shape index (κ3) is 8.72. The molecule has 0 atom stereocenters. The minimum Gasteiger partial charge on any atom is -0.469 e. The quantitative estimate of drug-likeness (QED) is 0.128. The van der Waals surface area contributed by atoms with Crippen molar-refractivity contribution in [2.75, 3.05) is 12.9 Å². The van der Waals surface area contributed by atoms with Crippen LogP contribution < -0.4 is 4.74 Å². The minimum atomic E-state index is -4.71. The molecule has 1 aliphatic rings. The molecule has 5 aromatic rings. The van der Waals surface area contributed by atoms with Crippen molar-refractivity contribution in [1.29, 1.82) is 0 Å². The van der Waals surface area contributed by atoms with Gasteiger partial charge in [0.2, 0.25) is 11.7 Å². The van der Waals surface area contributed by atoms with Gasteiger partial charge in [0.25, 0.3) is 0 Å². The summed E-state index contributed by atoms with van der Waals surface area (Å²) in [6.45, 7) is 5.19. The Hall–Kier alpha value is -4.79. The van der Waals surface area contributed by atoms with Gasteiger partial charge in [-0.3, -0.25) is 14.4 Å². The van der Waals surface area contributed by atoms with Crippen LogP contribution in [0.25, 0.3) is 0 Å². The summed E-state index contributed by atoms with van der Waals surface area (Å²) in [4.78, 5) is 37.6. The van der Waals surface area contributed by atoms with E-state index in [2.05, 4.69) is 10.3 Å². The van der Waals surface area contributed by atoms with Gasteiger partial charge in [0.15, 0.2) is 33.8 Å². The number of carbonyl (C=O) groups is 3. The van der Waals surface area contributed by atoms with E-state index in [-0.39, 0.29) is 51.7 Å². The zero-order chi connectivity index (χ0) is 39.0. The van der Waals surface area contributed by atoms with Crippen molar-refractivity contribution >= 4 is 50.4 Å². The lowest BCUT2D eigenvalue weighted by Gasteiger charge is -2.11. The van der Waals surface area contributed by atoms with Crippen molar-refractivity contribution < 1.29 is 45.2 Å². The number of alkyl halides is 3. The van der Waals surface area contributed by atoms with Crippen LogP contribution in [0.15, 0.2) is 70.2 Å². The van der Waals surface area contributed by atoms with Gasteiger partial charge in [0.1, 0.15) is 5.56 Å². The highest BCUT2D eigenvalue weighted by Gasteiger charge is 2.36. The Morgan fingerprint density at radius 3 is 2.19 bits per heavy atom. The standard InChI is InChI=1S/C22H20Cl2N2O3.C15H12F3NO4S/c1-12-5-7-15(8-6-12)18(27)11-29-22-19(14(3)25-26(22)4)21(28)16-9-10-17(23)13(2)20(16)24;1-24(21,22)12-6-9(15(16,17)18)4-5-10(12)13(20)11-7-19-23-14(11)8-2-3-8/h5-10H,11H2,1-4H3;4-8H,2-3H2,1H3. The van der Waals surface area contributed by atoms with Gasteiger partial charge in [0.05, 0.1) is 32.9 Å². The first-order valence-corrected chi connectivity index (χ1v) is 18.6. The van der Waals surface area contributed by atoms with Gasteiger partial charge in [-0.1, -0.05) is 58.2 Å². The summed E-state index contributed by atoms with van der Waals surface area (Å²) in [5, 5.41) is 8.60. The number of hydrogen-bond acceptors (Lipinski definition) is 9. The van der Waals surface area contributed by atoms with Gasteiger partial charge in [-0.25, -0.2) is 13.1 Å². The number of rotatable bonds is 10. The Morgan fingerprint density at radius 1 is 0.943 bits per heavy atom. The number of halogens is 5. The summed E-state index contributed by atoms with van der Waals surface area (Å²) >= 11 is 12.4. The van der Waals surface area contributed by atoms with Gasteiger partial charge in [-0.05, 0) is 69.5 Å². The second-order valence-corrected chi connectivity index (χ2v) is 15.3. The second-order valence-electron chi connectivity index (χ2n) is 12.5. The SMILES string of the molecule is CS(=O)(=O)c1cc(C(F)(F)F)ccc1C(=O)c1cnoc1C1CC1.Cc1ccc(C(=O)COc2c(C(=O)c3ccc(Cl)c(C)c3Cl)c(C)nn2C)cc1. The molecule has 2 heterocycles. The van der Waals surface area contributed by atoms with E-state index < -0.39 is 32.3 Å². The van der Waals surface area contributed by atoms with E-state index in [4.69, 9.17) is 32.5 Å². The number of ketones is 3. The van der Waals surface area contributed by atoms with Crippen LogP contribution in [0.1, 0.15) is 89.1 Å². The van der Waals surface area contributed by atoms with Crippen LogP contribution in [-0.4, -0.2) is 53.6 Å². The first-order chi connectivity index (χ1) is 24.8. The van der Waals surface area contributed by atoms with E-state index >= 15 is 0 Å². The van der Waals surface area contributed by atoms with Gasteiger partial charge >= 0.3 is 6.18 Å². The average Bonchev–Trinajstić information content (AvgIpc) is 3.75. The zero-order valence-corrected chi connectivity index (χ0v) is 31.3. The molecule has 0 unspecified atom stereocenters. The van der Waals surface area contributed by atoms with Crippen LogP contribution in [0.5, 0.6) is 5.88 Å². The fraction of sp³-hybridized carbons (Fsp3) is 0.270. The Kier molecular flexibility index (Phi) is 11.4. The number of sulfone groups is 1. The molecule has 16 heteroatoms. The van der Waals surface area contributed by atoms with E-state index in [1.165, 1.54) is 10.9 Å². The van der Waals surface area contributed by atoms with Crippen LogP contribution in [0.4, 0.5) is 13.2 Å². The molecule has 6 rings (SSSR count). The lowest BCUT2D eigenvalue weighted by atomic mass is 10.0. The lowest BCUT2D eigenvalue weighted by Crippen LogP contribution is -2.15. The van der Waals surface area contributed by atoms with Crippen molar-refractivity contribution in [3.05, 3.63) is 127 Å². The molecule has 0 amide bonds. The van der Waals surface area contributed by atoms with Crippen LogP contribution >= 0.6 is 23.2 Å². The van der Waals surface area contributed by atoms with Crippen LogP contribution in [0.3, 0.4) is 0 Å². The van der Waals surface area contributed by atoms with Crippen molar-refractivity contribution in [2.45, 2.75) is 50.6 Å². The van der Waals surface area contributed by atoms with Crippen molar-refractivity contribution in [2.24, 2.45) is 7.05 Å². The van der Waals surface area contributed by atoms with Crippen molar-refractivity contribution in [1.82, 2.24) is 14.9 Å². The summed E-state index contributed by atoms with van der Waals surface area (Å²) in [5.74, 6) is -0.633.